The van der Waals surface area contributed by atoms with Crippen molar-refractivity contribution in [1.29, 1.82) is 0 Å². The maximum Gasteiger partial charge on any atom is 0.153 e. The molecular formula is C11H8ClNO3. The van der Waals surface area contributed by atoms with Crippen molar-refractivity contribution in [2.45, 2.75) is 6.61 Å². The third kappa shape index (κ3) is 2.41. The van der Waals surface area contributed by atoms with Crippen molar-refractivity contribution in [2.75, 3.05) is 0 Å². The molecule has 82 valence electrons. The molecule has 0 fully saturated rings. The Kier molecular flexibility index (Phi) is 3.22. The van der Waals surface area contributed by atoms with E-state index in [2.05, 4.69) is 9.68 Å². The second kappa shape index (κ2) is 4.81. The predicted molar refractivity (Wildman–Crippen MR) is 57.7 cm³/mol. The maximum atomic E-state index is 10.8. The second-order valence-electron chi connectivity index (χ2n) is 3.12. The summed E-state index contributed by atoms with van der Waals surface area (Å²) in [4.78, 5) is 10.8. The van der Waals surface area contributed by atoms with Gasteiger partial charge in [0, 0.05) is 10.6 Å². The van der Waals surface area contributed by atoms with E-state index in [1.807, 2.05) is 0 Å². The summed E-state index contributed by atoms with van der Waals surface area (Å²) >= 11 is 5.76. The van der Waals surface area contributed by atoms with Gasteiger partial charge in [0.1, 0.15) is 18.6 Å². The summed E-state index contributed by atoms with van der Waals surface area (Å²) in [6.07, 6.45) is 3.74. The Balaban J connectivity index is 2.12. The largest absolute Gasteiger partial charge is 0.488 e. The van der Waals surface area contributed by atoms with Crippen LogP contribution >= 0.6 is 11.6 Å². The molecule has 0 aliphatic heterocycles. The normalized spacial score (nSPS) is 10.1. The average Bonchev–Trinajstić information content (AvgIpc) is 2.80. The summed E-state index contributed by atoms with van der Waals surface area (Å²) < 4.78 is 10.1. The summed E-state index contributed by atoms with van der Waals surface area (Å²) in [6.45, 7) is 0.298. The van der Waals surface area contributed by atoms with Gasteiger partial charge in [-0.05, 0) is 18.2 Å². The minimum Gasteiger partial charge on any atom is -0.488 e. The highest BCUT2D eigenvalue weighted by Gasteiger charge is 2.04. The van der Waals surface area contributed by atoms with Gasteiger partial charge in [-0.15, -0.1) is 0 Å². The molecule has 0 aliphatic carbocycles. The van der Waals surface area contributed by atoms with Gasteiger partial charge in [0.2, 0.25) is 0 Å². The molecule has 16 heavy (non-hydrogen) atoms. The first-order valence-electron chi connectivity index (χ1n) is 4.55. The van der Waals surface area contributed by atoms with Crippen LogP contribution in [-0.4, -0.2) is 11.4 Å². The van der Waals surface area contributed by atoms with Gasteiger partial charge in [0.05, 0.1) is 11.8 Å². The highest BCUT2D eigenvalue weighted by molar-refractivity contribution is 6.30. The van der Waals surface area contributed by atoms with Gasteiger partial charge < -0.3 is 9.26 Å². The molecular weight excluding hydrogens is 230 g/mol. The van der Waals surface area contributed by atoms with Crippen molar-refractivity contribution >= 4 is 17.9 Å². The van der Waals surface area contributed by atoms with E-state index in [4.69, 9.17) is 16.3 Å². The van der Waals surface area contributed by atoms with Crippen molar-refractivity contribution in [2.24, 2.45) is 0 Å². The number of ether oxygens (including phenoxy) is 1. The lowest BCUT2D eigenvalue weighted by atomic mass is 10.2. The van der Waals surface area contributed by atoms with Gasteiger partial charge in [0.25, 0.3) is 0 Å². The van der Waals surface area contributed by atoms with Crippen LogP contribution in [-0.2, 0) is 6.61 Å². The van der Waals surface area contributed by atoms with Gasteiger partial charge in [0.15, 0.2) is 6.29 Å². The third-order valence-corrected chi connectivity index (χ3v) is 2.21. The zero-order valence-electron chi connectivity index (χ0n) is 8.22. The van der Waals surface area contributed by atoms with E-state index in [-0.39, 0.29) is 0 Å². The topological polar surface area (TPSA) is 52.3 Å². The zero-order chi connectivity index (χ0) is 11.4. The van der Waals surface area contributed by atoms with E-state index >= 15 is 0 Å². The quantitative estimate of drug-likeness (QED) is 0.768. The van der Waals surface area contributed by atoms with Crippen molar-refractivity contribution in [3.63, 3.8) is 0 Å². The first-order valence-corrected chi connectivity index (χ1v) is 4.93. The van der Waals surface area contributed by atoms with Gasteiger partial charge in [-0.1, -0.05) is 16.8 Å². The van der Waals surface area contributed by atoms with Crippen LogP contribution in [0, 0.1) is 0 Å². The number of rotatable bonds is 4. The number of carbonyl (C=O) groups is 1. The number of carbonyl (C=O) groups excluding carboxylic acids is 1. The van der Waals surface area contributed by atoms with E-state index < -0.39 is 0 Å². The highest BCUT2D eigenvalue weighted by atomic mass is 35.5. The van der Waals surface area contributed by atoms with Gasteiger partial charge in [-0.3, -0.25) is 4.79 Å². The first-order chi connectivity index (χ1) is 7.79. The van der Waals surface area contributed by atoms with Crippen LogP contribution in [0.2, 0.25) is 5.02 Å². The zero-order valence-corrected chi connectivity index (χ0v) is 8.98. The number of hydrogen-bond donors (Lipinski definition) is 0. The predicted octanol–water partition coefficient (Wildman–Crippen LogP) is 2.72. The van der Waals surface area contributed by atoms with E-state index in [0.717, 1.165) is 5.56 Å². The van der Waals surface area contributed by atoms with E-state index in [9.17, 15) is 4.79 Å². The Bertz CT molecular complexity index is 482. The molecule has 1 aromatic heterocycles. The van der Waals surface area contributed by atoms with Crippen LogP contribution < -0.4 is 4.74 Å². The van der Waals surface area contributed by atoms with Crippen molar-refractivity contribution < 1.29 is 14.1 Å². The van der Waals surface area contributed by atoms with Crippen molar-refractivity contribution in [1.82, 2.24) is 5.16 Å². The standard InChI is InChI=1S/C11H8ClNO3/c12-10-1-2-11(9(3-10)5-14)15-6-8-4-13-16-7-8/h1-5,7H,6H2. The molecule has 2 rings (SSSR count). The van der Waals surface area contributed by atoms with Crippen LogP contribution in [0.4, 0.5) is 0 Å². The molecule has 0 radical (unpaired) electrons. The molecule has 0 atom stereocenters. The van der Waals surface area contributed by atoms with Gasteiger partial charge in [-0.25, -0.2) is 0 Å². The van der Waals surface area contributed by atoms with Gasteiger partial charge in [-0.2, -0.15) is 0 Å². The molecule has 0 unspecified atom stereocenters. The van der Waals surface area contributed by atoms with Crippen molar-refractivity contribution in [3.8, 4) is 5.75 Å². The molecule has 2 aromatic rings. The third-order valence-electron chi connectivity index (χ3n) is 1.98. The summed E-state index contributed by atoms with van der Waals surface area (Å²) in [7, 11) is 0. The lowest BCUT2D eigenvalue weighted by Gasteiger charge is -2.06. The highest BCUT2D eigenvalue weighted by Crippen LogP contribution is 2.22. The molecule has 1 aromatic carbocycles. The number of aldehydes is 1. The molecule has 0 amide bonds. The molecule has 0 saturated heterocycles. The first kappa shape index (κ1) is 10.7. The number of halogens is 1. The van der Waals surface area contributed by atoms with E-state index in [1.54, 1.807) is 24.4 Å². The fourth-order valence-electron chi connectivity index (χ4n) is 1.20. The Morgan fingerprint density at radius 1 is 1.50 bits per heavy atom. The summed E-state index contributed by atoms with van der Waals surface area (Å²) in [5, 5.41) is 4.04. The number of hydrogen-bond acceptors (Lipinski definition) is 4. The number of nitrogens with zero attached hydrogens (tertiary/aromatic N) is 1. The summed E-state index contributed by atoms with van der Waals surface area (Å²) in [5.41, 5.74) is 1.22. The molecule has 1 heterocycles. The van der Waals surface area contributed by atoms with Crippen LogP contribution in [0.3, 0.4) is 0 Å². The Labute approximate surface area is 96.8 Å². The fourth-order valence-corrected chi connectivity index (χ4v) is 1.38. The maximum absolute atomic E-state index is 10.8. The second-order valence-corrected chi connectivity index (χ2v) is 3.56. The minimum atomic E-state index is 0.298. The SMILES string of the molecule is O=Cc1cc(Cl)ccc1OCc1cnoc1. The van der Waals surface area contributed by atoms with Crippen LogP contribution in [0.15, 0.2) is 35.2 Å². The average molecular weight is 238 g/mol. The molecule has 0 bridgehead atoms. The summed E-state index contributed by atoms with van der Waals surface area (Å²) in [6, 6.07) is 4.87. The van der Waals surface area contributed by atoms with Gasteiger partial charge >= 0.3 is 0 Å². The number of aromatic nitrogens is 1. The molecule has 4 nitrogen and oxygen atoms in total. The Hall–Kier alpha value is -1.81. The molecule has 0 N–H and O–H groups in total. The van der Waals surface area contributed by atoms with Crippen LogP contribution in [0.1, 0.15) is 15.9 Å². The minimum absolute atomic E-state index is 0.298. The summed E-state index contributed by atoms with van der Waals surface area (Å²) in [5.74, 6) is 0.487. The molecule has 5 heteroatoms. The van der Waals surface area contributed by atoms with Crippen LogP contribution in [0.25, 0.3) is 0 Å². The fraction of sp³-hybridized carbons (Fsp3) is 0.0909. The Morgan fingerprint density at radius 3 is 3.06 bits per heavy atom. The van der Waals surface area contributed by atoms with E-state index in [1.165, 1.54) is 6.26 Å². The smallest absolute Gasteiger partial charge is 0.153 e. The molecule has 0 saturated carbocycles. The van der Waals surface area contributed by atoms with Crippen LogP contribution in [0.5, 0.6) is 5.75 Å². The molecule has 0 spiro atoms. The Morgan fingerprint density at radius 2 is 2.38 bits per heavy atom. The monoisotopic (exact) mass is 237 g/mol. The van der Waals surface area contributed by atoms with Crippen molar-refractivity contribution in [3.05, 3.63) is 46.8 Å². The van der Waals surface area contributed by atoms with E-state index in [0.29, 0.717) is 29.2 Å². The molecule has 0 aliphatic rings. The number of benzene rings is 1. The lowest BCUT2D eigenvalue weighted by Crippen LogP contribution is -1.97. The lowest BCUT2D eigenvalue weighted by molar-refractivity contribution is 0.111.